The Labute approximate surface area is 86.3 Å². The van der Waals surface area contributed by atoms with Gasteiger partial charge in [-0.25, -0.2) is 4.79 Å². The van der Waals surface area contributed by atoms with Gasteiger partial charge in [-0.05, 0) is 6.08 Å². The normalized spacial score (nSPS) is 20.9. The molecule has 0 saturated carbocycles. The highest BCUT2D eigenvalue weighted by Crippen LogP contribution is 2.34. The largest absolute Gasteiger partial charge is 0.495 e. The van der Waals surface area contributed by atoms with Gasteiger partial charge >= 0.3 is 7.12 Å². The predicted molar refractivity (Wildman–Crippen MR) is 52.2 cm³/mol. The maximum absolute atomic E-state index is 10.6. The molecule has 0 aromatic rings. The summed E-state index contributed by atoms with van der Waals surface area (Å²) in [5, 5.41) is 17.9. The van der Waals surface area contributed by atoms with Gasteiger partial charge in [-0.15, -0.1) is 0 Å². The molecule has 0 aromatic heterocycles. The van der Waals surface area contributed by atoms with Crippen molar-refractivity contribution in [3.05, 3.63) is 28.5 Å². The summed E-state index contributed by atoms with van der Waals surface area (Å²) in [5.41, 5.74) is -0.0129. The molecule has 0 aromatic carbocycles. The molecule has 14 heavy (non-hydrogen) atoms. The maximum Gasteiger partial charge on any atom is 0.464 e. The van der Waals surface area contributed by atoms with Crippen molar-refractivity contribution in [2.24, 2.45) is 0 Å². The van der Waals surface area contributed by atoms with E-state index in [2.05, 4.69) is 0 Å². The first-order valence-electron chi connectivity index (χ1n) is 3.85. The summed E-state index contributed by atoms with van der Waals surface area (Å²) in [6.45, 7) is 0. The molecule has 74 valence electrons. The molecule has 0 amide bonds. The number of allylic oxidation sites excluding steroid dienone is 4. The topological polar surface area (TPSA) is 66.8 Å². The van der Waals surface area contributed by atoms with E-state index >= 15 is 0 Å². The van der Waals surface area contributed by atoms with Crippen molar-refractivity contribution in [1.29, 1.82) is 0 Å². The van der Waals surface area contributed by atoms with E-state index in [1.807, 2.05) is 0 Å². The number of halogens is 1. The van der Waals surface area contributed by atoms with E-state index in [0.29, 0.717) is 5.76 Å². The monoisotopic (exact) mass is 214 g/mol. The first kappa shape index (κ1) is 11.1. The SMILES string of the molecule is COC1=C(Cl)C(=C=O)C(B(O)O)C=C1. The molecular formula is C8H8BClO4. The lowest BCUT2D eigenvalue weighted by Crippen LogP contribution is -2.23. The Morgan fingerprint density at radius 2 is 2.29 bits per heavy atom. The Bertz CT molecular complexity index is 341. The van der Waals surface area contributed by atoms with E-state index in [-0.39, 0.29) is 10.6 Å². The van der Waals surface area contributed by atoms with Crippen molar-refractivity contribution in [3.8, 4) is 0 Å². The van der Waals surface area contributed by atoms with Crippen LogP contribution in [-0.4, -0.2) is 30.2 Å². The third-order valence-corrected chi connectivity index (χ3v) is 2.28. The molecule has 6 heteroatoms. The highest BCUT2D eigenvalue weighted by molar-refractivity contribution is 6.47. The molecule has 4 nitrogen and oxygen atoms in total. The molecule has 1 atom stereocenters. The van der Waals surface area contributed by atoms with Gasteiger partial charge in [-0.3, -0.25) is 0 Å². The number of carbonyl (C=O) groups excluding carboxylic acids is 1. The molecule has 0 saturated heterocycles. The maximum atomic E-state index is 10.6. The van der Waals surface area contributed by atoms with Crippen LogP contribution in [0.3, 0.4) is 0 Å². The summed E-state index contributed by atoms with van der Waals surface area (Å²) in [6.07, 6.45) is 2.91. The van der Waals surface area contributed by atoms with E-state index in [1.165, 1.54) is 19.3 Å². The first-order valence-corrected chi connectivity index (χ1v) is 4.23. The average Bonchev–Trinajstić information content (AvgIpc) is 2.17. The van der Waals surface area contributed by atoms with Crippen molar-refractivity contribution in [1.82, 2.24) is 0 Å². The molecule has 1 aliphatic rings. The van der Waals surface area contributed by atoms with E-state index in [9.17, 15) is 4.79 Å². The standard InChI is InChI=1S/C8H8BClO4/c1-14-7-3-2-6(9(12)13)5(4-11)8(7)10/h2-3,6,12-13H,1H3. The fraction of sp³-hybridized carbons (Fsp3) is 0.250. The number of hydrogen-bond donors (Lipinski definition) is 2. The molecule has 0 bridgehead atoms. The third kappa shape index (κ3) is 1.91. The van der Waals surface area contributed by atoms with Crippen LogP contribution in [0, 0.1) is 0 Å². The van der Waals surface area contributed by atoms with Gasteiger partial charge in [-0.2, -0.15) is 0 Å². The van der Waals surface area contributed by atoms with Crippen LogP contribution in [0.15, 0.2) is 28.5 Å². The minimum absolute atomic E-state index is 0.0129. The Kier molecular flexibility index (Phi) is 3.55. The van der Waals surface area contributed by atoms with Crippen molar-refractivity contribution in [2.75, 3.05) is 7.11 Å². The number of methoxy groups -OCH3 is 1. The van der Waals surface area contributed by atoms with Crippen LogP contribution < -0.4 is 0 Å². The van der Waals surface area contributed by atoms with E-state index in [1.54, 1.807) is 5.94 Å². The highest BCUT2D eigenvalue weighted by Gasteiger charge is 2.31. The van der Waals surface area contributed by atoms with Crippen LogP contribution in [0.2, 0.25) is 5.82 Å². The summed E-state index contributed by atoms with van der Waals surface area (Å²) in [7, 11) is -0.268. The first-order chi connectivity index (χ1) is 6.61. The van der Waals surface area contributed by atoms with E-state index in [4.69, 9.17) is 26.4 Å². The smallest absolute Gasteiger partial charge is 0.464 e. The van der Waals surface area contributed by atoms with Gasteiger partial charge in [0.15, 0.2) is 0 Å². The van der Waals surface area contributed by atoms with Crippen LogP contribution in [-0.2, 0) is 9.53 Å². The van der Waals surface area contributed by atoms with Crippen LogP contribution in [0.25, 0.3) is 0 Å². The van der Waals surface area contributed by atoms with Crippen LogP contribution in [0.1, 0.15) is 0 Å². The quantitative estimate of drug-likeness (QED) is 0.511. The molecule has 0 spiro atoms. The Hall–Kier alpha value is -0.995. The van der Waals surface area contributed by atoms with Gasteiger partial charge in [0.25, 0.3) is 0 Å². The summed E-state index contributed by atoms with van der Waals surface area (Å²) in [5.74, 6) is 1.03. The van der Waals surface area contributed by atoms with E-state index < -0.39 is 12.9 Å². The summed E-state index contributed by atoms with van der Waals surface area (Å²) in [4.78, 5) is 10.6. The lowest BCUT2D eigenvalue weighted by atomic mass is 9.67. The van der Waals surface area contributed by atoms with Gasteiger partial charge in [0.05, 0.1) is 17.7 Å². The molecule has 0 fully saturated rings. The van der Waals surface area contributed by atoms with Crippen LogP contribution >= 0.6 is 11.6 Å². The van der Waals surface area contributed by atoms with Crippen molar-refractivity contribution in [3.63, 3.8) is 0 Å². The minimum atomic E-state index is -1.67. The molecule has 1 unspecified atom stereocenters. The summed E-state index contributed by atoms with van der Waals surface area (Å²) < 4.78 is 4.86. The van der Waals surface area contributed by atoms with Gasteiger partial charge < -0.3 is 14.8 Å². The van der Waals surface area contributed by atoms with E-state index in [0.717, 1.165) is 0 Å². The third-order valence-electron chi connectivity index (χ3n) is 1.89. The van der Waals surface area contributed by atoms with Crippen LogP contribution in [0.4, 0.5) is 0 Å². The molecule has 1 aliphatic carbocycles. The highest BCUT2D eigenvalue weighted by atomic mass is 35.5. The fourth-order valence-corrected chi connectivity index (χ4v) is 1.46. The Morgan fingerprint density at radius 1 is 1.64 bits per heavy atom. The number of ether oxygens (including phenoxy) is 1. The second-order valence-corrected chi connectivity index (χ2v) is 3.07. The van der Waals surface area contributed by atoms with Crippen molar-refractivity contribution < 1.29 is 19.6 Å². The molecule has 0 heterocycles. The summed E-state index contributed by atoms with van der Waals surface area (Å²) >= 11 is 5.77. The second-order valence-electron chi connectivity index (χ2n) is 2.70. The molecule has 0 radical (unpaired) electrons. The fourth-order valence-electron chi connectivity index (χ4n) is 1.16. The zero-order valence-corrected chi connectivity index (χ0v) is 8.15. The lowest BCUT2D eigenvalue weighted by Gasteiger charge is -2.18. The second kappa shape index (κ2) is 4.48. The van der Waals surface area contributed by atoms with Crippen LogP contribution in [0.5, 0.6) is 0 Å². The van der Waals surface area contributed by atoms with Crippen molar-refractivity contribution >= 4 is 24.7 Å². The Balaban J connectivity index is 3.12. The van der Waals surface area contributed by atoms with Gasteiger partial charge in [0.2, 0.25) is 0 Å². The lowest BCUT2D eigenvalue weighted by molar-refractivity contribution is 0.303. The molecule has 0 aliphatic heterocycles. The molecule has 2 N–H and O–H groups in total. The summed E-state index contributed by atoms with van der Waals surface area (Å²) in [6, 6.07) is 0. The van der Waals surface area contributed by atoms with Crippen molar-refractivity contribution in [2.45, 2.75) is 5.82 Å². The zero-order valence-electron chi connectivity index (χ0n) is 7.40. The average molecular weight is 214 g/mol. The van der Waals surface area contributed by atoms with Gasteiger partial charge in [0.1, 0.15) is 11.7 Å². The minimum Gasteiger partial charge on any atom is -0.495 e. The van der Waals surface area contributed by atoms with Gasteiger partial charge in [0, 0.05) is 5.82 Å². The zero-order chi connectivity index (χ0) is 10.7. The Morgan fingerprint density at radius 3 is 2.71 bits per heavy atom. The molecular weight excluding hydrogens is 206 g/mol. The van der Waals surface area contributed by atoms with Gasteiger partial charge in [-0.1, -0.05) is 17.7 Å². The number of hydrogen-bond acceptors (Lipinski definition) is 4. The molecule has 1 rings (SSSR count). The number of rotatable bonds is 2. The predicted octanol–water partition coefficient (Wildman–Crippen LogP) is 0.254.